The molecule has 0 saturated carbocycles. The minimum Gasteiger partial charge on any atom is -0.431 e. The van der Waals surface area contributed by atoms with Gasteiger partial charge in [-0.2, -0.15) is 13.8 Å². The maximum Gasteiger partial charge on any atom is 0.508 e. The first-order chi connectivity index (χ1) is 13.8. The molecule has 3 N–H and O–H groups in total. The number of anilines is 1. The minimum atomic E-state index is -3.82. The summed E-state index contributed by atoms with van der Waals surface area (Å²) in [6.07, 6.45) is 1.75. The number of carbonyl (C=O) groups excluding carboxylic acids is 1. The van der Waals surface area contributed by atoms with E-state index in [0.29, 0.717) is 11.0 Å². The Morgan fingerprint density at radius 2 is 2.21 bits per heavy atom. The summed E-state index contributed by atoms with van der Waals surface area (Å²) in [6.45, 7) is -0.667. The Labute approximate surface area is 165 Å². The summed E-state index contributed by atoms with van der Waals surface area (Å²) in [7, 11) is 0. The molecule has 4 atom stereocenters. The Bertz CT molecular complexity index is 815. The molecule has 0 bridgehead atoms. The van der Waals surface area contributed by atoms with Gasteiger partial charge in [-0.3, -0.25) is 4.57 Å². The summed E-state index contributed by atoms with van der Waals surface area (Å²) in [4.78, 5) is 27.1. The van der Waals surface area contributed by atoms with Gasteiger partial charge in [0.2, 0.25) is 6.23 Å². The second-order valence-electron chi connectivity index (χ2n) is 6.97. The number of alkyl halides is 2. The Hall–Kier alpha value is -2.53. The normalized spacial score (nSPS) is 30.2. The zero-order valence-electron chi connectivity index (χ0n) is 15.6. The number of allylic oxidation sites excluding steroid dienone is 1. The topological polar surface area (TPSA) is 126 Å². The van der Waals surface area contributed by atoms with E-state index in [2.05, 4.69) is 4.98 Å². The number of hydrogen-bond donors (Lipinski definition) is 2. The second-order valence-corrected chi connectivity index (χ2v) is 6.97. The highest BCUT2D eigenvalue weighted by molar-refractivity contribution is 5.60. The SMILES string of the molecule is Nc1ccn([C@@H]2O[C@H](COC(=O)OC3/C=C/CCCCC3)[C@H](O)C2(F)F)c(=O)n1. The lowest BCUT2D eigenvalue weighted by Crippen LogP contribution is -2.42. The molecule has 160 valence electrons. The Morgan fingerprint density at radius 3 is 2.97 bits per heavy atom. The standard InChI is InChI=1S/C18H23F2N3O6/c19-18(20)14(24)12(29-15(18)23-9-8-13(21)22-16(23)25)10-27-17(26)28-11-6-4-2-1-3-5-7-11/h4,6,8-9,11-12,14-15,24H,1-3,5,7,10H2,(H2,21,22,25)/b6-4+/t11?,12-,14+,15-/m1/s1. The van der Waals surface area contributed by atoms with Crippen molar-refractivity contribution in [2.75, 3.05) is 12.3 Å². The molecule has 2 aliphatic rings. The first-order valence-electron chi connectivity index (χ1n) is 9.35. The number of nitrogens with two attached hydrogens (primary N) is 1. The molecule has 1 aliphatic heterocycles. The van der Waals surface area contributed by atoms with Crippen molar-refractivity contribution in [3.8, 4) is 0 Å². The molecule has 29 heavy (non-hydrogen) atoms. The quantitative estimate of drug-likeness (QED) is 0.563. The Kier molecular flexibility index (Phi) is 6.48. The lowest BCUT2D eigenvalue weighted by atomic mass is 10.0. The van der Waals surface area contributed by atoms with Crippen molar-refractivity contribution in [3.05, 3.63) is 34.9 Å². The van der Waals surface area contributed by atoms with E-state index in [1.165, 1.54) is 0 Å². The smallest absolute Gasteiger partial charge is 0.431 e. The van der Waals surface area contributed by atoms with E-state index in [9.17, 15) is 23.5 Å². The zero-order chi connectivity index (χ0) is 21.0. The number of nitrogens with zero attached hydrogens (tertiary/aromatic N) is 2. The van der Waals surface area contributed by atoms with Gasteiger partial charge in [-0.05, 0) is 37.8 Å². The molecular weight excluding hydrogens is 392 g/mol. The van der Waals surface area contributed by atoms with Crippen LogP contribution in [0, 0.1) is 0 Å². The van der Waals surface area contributed by atoms with Crippen LogP contribution in [0.25, 0.3) is 0 Å². The fourth-order valence-corrected chi connectivity index (χ4v) is 3.25. The van der Waals surface area contributed by atoms with Gasteiger partial charge in [-0.25, -0.2) is 9.59 Å². The van der Waals surface area contributed by atoms with E-state index in [1.54, 1.807) is 6.08 Å². The predicted molar refractivity (Wildman–Crippen MR) is 96.2 cm³/mol. The van der Waals surface area contributed by atoms with Crippen LogP contribution in [-0.2, 0) is 14.2 Å². The highest BCUT2D eigenvalue weighted by Gasteiger charge is 2.60. The summed E-state index contributed by atoms with van der Waals surface area (Å²) in [5, 5.41) is 9.92. The highest BCUT2D eigenvalue weighted by atomic mass is 19.3. The third-order valence-electron chi connectivity index (χ3n) is 4.81. The lowest BCUT2D eigenvalue weighted by Gasteiger charge is -2.20. The fraction of sp³-hybridized carbons (Fsp3) is 0.611. The largest absolute Gasteiger partial charge is 0.508 e. The lowest BCUT2D eigenvalue weighted by molar-refractivity contribution is -0.141. The van der Waals surface area contributed by atoms with Crippen LogP contribution in [0.5, 0.6) is 0 Å². The number of nitrogen functional groups attached to an aromatic ring is 1. The number of aromatic nitrogens is 2. The number of rotatable bonds is 4. The summed E-state index contributed by atoms with van der Waals surface area (Å²) >= 11 is 0. The average Bonchev–Trinajstić information content (AvgIpc) is 2.85. The zero-order valence-corrected chi connectivity index (χ0v) is 15.6. The van der Waals surface area contributed by atoms with Gasteiger partial charge >= 0.3 is 17.8 Å². The molecule has 2 heterocycles. The summed E-state index contributed by atoms with van der Waals surface area (Å²) in [5.41, 5.74) is 4.29. The highest BCUT2D eigenvalue weighted by Crippen LogP contribution is 2.42. The molecule has 1 unspecified atom stereocenters. The number of hydrogen-bond acceptors (Lipinski definition) is 8. The van der Waals surface area contributed by atoms with Crippen LogP contribution in [0.15, 0.2) is 29.2 Å². The number of aliphatic hydroxyl groups is 1. The van der Waals surface area contributed by atoms with E-state index >= 15 is 0 Å². The molecule has 1 aliphatic carbocycles. The molecule has 11 heteroatoms. The van der Waals surface area contributed by atoms with Crippen molar-refractivity contribution in [1.82, 2.24) is 9.55 Å². The van der Waals surface area contributed by atoms with Crippen LogP contribution in [0.1, 0.15) is 38.3 Å². The van der Waals surface area contributed by atoms with E-state index in [-0.39, 0.29) is 5.82 Å². The Balaban J connectivity index is 1.60. The molecule has 0 aromatic carbocycles. The van der Waals surface area contributed by atoms with Gasteiger partial charge in [0.05, 0.1) is 0 Å². The van der Waals surface area contributed by atoms with E-state index in [0.717, 1.165) is 37.9 Å². The number of ether oxygens (including phenoxy) is 3. The van der Waals surface area contributed by atoms with E-state index in [4.69, 9.17) is 19.9 Å². The van der Waals surface area contributed by atoms with Gasteiger partial charge in [-0.15, -0.1) is 0 Å². The third-order valence-corrected chi connectivity index (χ3v) is 4.81. The third kappa shape index (κ3) is 4.91. The van der Waals surface area contributed by atoms with Gasteiger partial charge in [0.1, 0.15) is 24.6 Å². The van der Waals surface area contributed by atoms with Crippen molar-refractivity contribution in [2.24, 2.45) is 0 Å². The average molecular weight is 415 g/mol. The van der Waals surface area contributed by atoms with Gasteiger partial charge in [0, 0.05) is 6.20 Å². The van der Waals surface area contributed by atoms with Crippen LogP contribution >= 0.6 is 0 Å². The van der Waals surface area contributed by atoms with Crippen molar-refractivity contribution in [1.29, 1.82) is 0 Å². The van der Waals surface area contributed by atoms with Crippen LogP contribution in [0.2, 0.25) is 0 Å². The maximum absolute atomic E-state index is 14.4. The molecule has 1 aromatic rings. The number of halogens is 2. The molecule has 0 radical (unpaired) electrons. The first-order valence-corrected chi connectivity index (χ1v) is 9.35. The Morgan fingerprint density at radius 1 is 1.41 bits per heavy atom. The van der Waals surface area contributed by atoms with Crippen LogP contribution < -0.4 is 11.4 Å². The molecule has 9 nitrogen and oxygen atoms in total. The molecule has 0 spiro atoms. The number of aliphatic hydroxyl groups excluding tert-OH is 1. The minimum absolute atomic E-state index is 0.140. The molecular formula is C18H23F2N3O6. The van der Waals surface area contributed by atoms with Crippen LogP contribution in [-0.4, -0.2) is 51.7 Å². The van der Waals surface area contributed by atoms with Gasteiger partial charge in [-0.1, -0.05) is 12.5 Å². The molecule has 1 saturated heterocycles. The molecule has 0 amide bonds. The van der Waals surface area contributed by atoms with E-state index < -0.39 is 48.9 Å². The van der Waals surface area contributed by atoms with Crippen molar-refractivity contribution in [3.63, 3.8) is 0 Å². The van der Waals surface area contributed by atoms with Crippen LogP contribution in [0.4, 0.5) is 19.4 Å². The maximum atomic E-state index is 14.4. The summed E-state index contributed by atoms with van der Waals surface area (Å²) < 4.78 is 44.5. The van der Waals surface area contributed by atoms with Crippen molar-refractivity contribution < 1.29 is 32.9 Å². The number of carbonyl (C=O) groups is 1. The monoisotopic (exact) mass is 415 g/mol. The molecule has 1 fully saturated rings. The predicted octanol–water partition coefficient (Wildman–Crippen LogP) is 1.76. The van der Waals surface area contributed by atoms with Crippen molar-refractivity contribution >= 4 is 12.0 Å². The van der Waals surface area contributed by atoms with Crippen LogP contribution in [0.3, 0.4) is 0 Å². The first kappa shape index (κ1) is 21.2. The van der Waals surface area contributed by atoms with Gasteiger partial charge in [0.15, 0.2) is 6.10 Å². The van der Waals surface area contributed by atoms with Crippen molar-refractivity contribution in [2.45, 2.75) is 62.6 Å². The van der Waals surface area contributed by atoms with Gasteiger partial charge in [0.25, 0.3) is 0 Å². The molecule has 3 rings (SSSR count). The van der Waals surface area contributed by atoms with Gasteiger partial charge < -0.3 is 25.1 Å². The summed E-state index contributed by atoms with van der Waals surface area (Å²) in [5.74, 6) is -3.96. The fourth-order valence-electron chi connectivity index (χ4n) is 3.25. The molecule has 1 aromatic heterocycles. The van der Waals surface area contributed by atoms with E-state index in [1.807, 2.05) is 6.08 Å². The summed E-state index contributed by atoms with van der Waals surface area (Å²) in [6, 6.07) is 1.15. The second kappa shape index (κ2) is 8.87.